The number of amides is 2. The first-order valence-electron chi connectivity index (χ1n) is 14.3. The third-order valence-corrected chi connectivity index (χ3v) is 9.06. The molecule has 0 spiro atoms. The van der Waals surface area contributed by atoms with Crippen molar-refractivity contribution in [1.82, 2.24) is 10.2 Å². The van der Waals surface area contributed by atoms with Gasteiger partial charge < -0.3 is 10.2 Å². The molecule has 0 radical (unpaired) electrons. The van der Waals surface area contributed by atoms with E-state index in [1.165, 1.54) is 70.5 Å². The van der Waals surface area contributed by atoms with E-state index in [0.717, 1.165) is 57.1 Å². The Hall–Kier alpha value is -1.33. The summed E-state index contributed by atoms with van der Waals surface area (Å²) >= 11 is 0. The van der Waals surface area contributed by atoms with Crippen LogP contribution in [0.4, 0.5) is 0 Å². The predicted molar refractivity (Wildman–Crippen MR) is 137 cm³/mol. The first kappa shape index (κ1) is 24.8. The Morgan fingerprint density at radius 1 is 0.970 bits per heavy atom. The third kappa shape index (κ3) is 6.85. The average Bonchev–Trinajstić information content (AvgIpc) is 2.90. The fourth-order valence-corrected chi connectivity index (χ4v) is 7.09. The van der Waals surface area contributed by atoms with Crippen LogP contribution in [-0.4, -0.2) is 48.4 Å². The molecule has 2 saturated carbocycles. The standard InChI is InChI=1S/C27H46BN3O2/c1-21-20-31(19-18-28(21)22-12-8-4-2-5-9-13-22)26(32)17-16-25-29-24-15-11-7-3-6-10-14-23(24)27(33)30-25/h21-24H,2-20H2,1H3,(H,29,30,33). The molecule has 1 saturated heterocycles. The Morgan fingerprint density at radius 3 is 2.30 bits per heavy atom. The summed E-state index contributed by atoms with van der Waals surface area (Å²) in [6.07, 6.45) is 20.1. The van der Waals surface area contributed by atoms with Crippen molar-refractivity contribution in [3.8, 4) is 0 Å². The number of amidine groups is 1. The van der Waals surface area contributed by atoms with Gasteiger partial charge in [-0.05, 0) is 18.7 Å². The van der Waals surface area contributed by atoms with E-state index in [-0.39, 0.29) is 23.8 Å². The van der Waals surface area contributed by atoms with E-state index in [1.807, 2.05) is 0 Å². The molecule has 2 heterocycles. The van der Waals surface area contributed by atoms with E-state index in [2.05, 4.69) is 17.1 Å². The monoisotopic (exact) mass is 455 g/mol. The minimum absolute atomic E-state index is 0.0377. The van der Waals surface area contributed by atoms with E-state index < -0.39 is 0 Å². The van der Waals surface area contributed by atoms with Crippen molar-refractivity contribution in [2.75, 3.05) is 13.1 Å². The van der Waals surface area contributed by atoms with E-state index in [0.29, 0.717) is 18.7 Å². The molecule has 5 nitrogen and oxygen atoms in total. The Kier molecular flexibility index (Phi) is 9.31. The van der Waals surface area contributed by atoms with Crippen LogP contribution in [0.2, 0.25) is 18.0 Å². The van der Waals surface area contributed by atoms with Crippen LogP contribution in [-0.2, 0) is 9.59 Å². The molecule has 3 atom stereocenters. The zero-order chi connectivity index (χ0) is 23.0. The van der Waals surface area contributed by atoms with Gasteiger partial charge in [0.1, 0.15) is 12.5 Å². The second-order valence-electron chi connectivity index (χ2n) is 11.5. The summed E-state index contributed by atoms with van der Waals surface area (Å²) in [6, 6.07) is 0.126. The van der Waals surface area contributed by atoms with Crippen molar-refractivity contribution in [2.45, 2.75) is 134 Å². The van der Waals surface area contributed by atoms with Gasteiger partial charge in [0.05, 0.1) is 12.0 Å². The van der Waals surface area contributed by atoms with Crippen molar-refractivity contribution >= 4 is 24.4 Å². The second-order valence-corrected chi connectivity index (χ2v) is 11.5. The van der Waals surface area contributed by atoms with E-state index in [4.69, 9.17) is 4.99 Å². The fourth-order valence-electron chi connectivity index (χ4n) is 7.09. The van der Waals surface area contributed by atoms with Crippen molar-refractivity contribution in [3.05, 3.63) is 0 Å². The van der Waals surface area contributed by atoms with Gasteiger partial charge in [-0.2, -0.15) is 0 Å². The zero-order valence-corrected chi connectivity index (χ0v) is 21.0. The SMILES string of the molecule is CC1CN(C(=O)CCC2=NC3CCCCCCCC3C(=O)N2)CCB1C1CCCCCCC1. The molecular weight excluding hydrogens is 409 g/mol. The summed E-state index contributed by atoms with van der Waals surface area (Å²) in [5, 5.41) is 3.05. The van der Waals surface area contributed by atoms with Crippen LogP contribution < -0.4 is 5.32 Å². The largest absolute Gasteiger partial charge is 0.344 e. The lowest BCUT2D eigenvalue weighted by Crippen LogP contribution is -2.47. The zero-order valence-electron chi connectivity index (χ0n) is 21.0. The van der Waals surface area contributed by atoms with Gasteiger partial charge >= 0.3 is 0 Å². The predicted octanol–water partition coefficient (Wildman–Crippen LogP) is 5.87. The number of hydrogen-bond donors (Lipinski definition) is 1. The molecule has 0 aromatic carbocycles. The highest BCUT2D eigenvalue weighted by Gasteiger charge is 2.37. The number of nitrogens with zero attached hydrogens (tertiary/aromatic N) is 2. The molecule has 0 bridgehead atoms. The van der Waals surface area contributed by atoms with Gasteiger partial charge in [-0.25, -0.2) is 0 Å². The lowest BCUT2D eigenvalue weighted by molar-refractivity contribution is -0.131. The lowest BCUT2D eigenvalue weighted by Gasteiger charge is -2.39. The van der Waals surface area contributed by atoms with Gasteiger partial charge in [-0.3, -0.25) is 14.6 Å². The van der Waals surface area contributed by atoms with E-state index in [9.17, 15) is 9.59 Å². The Labute approximate surface area is 202 Å². The molecule has 184 valence electrons. The van der Waals surface area contributed by atoms with Crippen LogP contribution >= 0.6 is 0 Å². The summed E-state index contributed by atoms with van der Waals surface area (Å²) in [5.74, 6) is 2.64. The van der Waals surface area contributed by atoms with Crippen LogP contribution in [0.3, 0.4) is 0 Å². The number of rotatable bonds is 4. The number of nitrogens with one attached hydrogen (secondary N) is 1. The molecule has 3 fully saturated rings. The normalized spacial score (nSPS) is 30.6. The number of fused-ring (bicyclic) bond motifs is 1. The average molecular weight is 455 g/mol. The van der Waals surface area contributed by atoms with Crippen LogP contribution in [0.5, 0.6) is 0 Å². The summed E-state index contributed by atoms with van der Waals surface area (Å²) in [6.45, 7) is 4.97. The summed E-state index contributed by atoms with van der Waals surface area (Å²) in [7, 11) is 0. The first-order valence-corrected chi connectivity index (χ1v) is 14.3. The quantitative estimate of drug-likeness (QED) is 0.539. The minimum Gasteiger partial charge on any atom is -0.344 e. The van der Waals surface area contributed by atoms with E-state index in [1.54, 1.807) is 0 Å². The van der Waals surface area contributed by atoms with Gasteiger partial charge in [0.25, 0.3) is 0 Å². The van der Waals surface area contributed by atoms with Crippen LogP contribution in [0, 0.1) is 5.92 Å². The molecule has 3 unspecified atom stereocenters. The third-order valence-electron chi connectivity index (χ3n) is 9.06. The molecule has 2 amide bonds. The Bertz CT molecular complexity index is 689. The van der Waals surface area contributed by atoms with Crippen molar-refractivity contribution in [1.29, 1.82) is 0 Å². The fraction of sp³-hybridized carbons (Fsp3) is 0.889. The van der Waals surface area contributed by atoms with Crippen LogP contribution in [0.1, 0.15) is 110 Å². The molecule has 4 aliphatic rings. The second kappa shape index (κ2) is 12.4. The van der Waals surface area contributed by atoms with Crippen molar-refractivity contribution in [2.24, 2.45) is 10.9 Å². The molecular formula is C27H46BN3O2. The van der Waals surface area contributed by atoms with Gasteiger partial charge in [-0.15, -0.1) is 0 Å². The number of carbonyl (C=O) groups is 2. The topological polar surface area (TPSA) is 61.8 Å². The van der Waals surface area contributed by atoms with Crippen molar-refractivity contribution < 1.29 is 9.59 Å². The smallest absolute Gasteiger partial charge is 0.230 e. The molecule has 2 aliphatic heterocycles. The lowest BCUT2D eigenvalue weighted by atomic mass is 9.30. The van der Waals surface area contributed by atoms with Gasteiger partial charge in [0.2, 0.25) is 11.8 Å². The first-order chi connectivity index (χ1) is 16.1. The number of hydrogen-bond acceptors (Lipinski definition) is 3. The Balaban J connectivity index is 1.27. The molecule has 0 aromatic heterocycles. The molecule has 4 rings (SSSR count). The molecule has 2 aliphatic carbocycles. The van der Waals surface area contributed by atoms with Crippen LogP contribution in [0.25, 0.3) is 0 Å². The summed E-state index contributed by atoms with van der Waals surface area (Å²) < 4.78 is 0. The molecule has 0 aromatic rings. The maximum absolute atomic E-state index is 13.0. The van der Waals surface area contributed by atoms with Gasteiger partial charge in [-0.1, -0.05) is 96.1 Å². The molecule has 6 heteroatoms. The maximum Gasteiger partial charge on any atom is 0.230 e. The minimum atomic E-state index is 0.0377. The summed E-state index contributed by atoms with van der Waals surface area (Å²) in [5.41, 5.74) is 0. The van der Waals surface area contributed by atoms with Gasteiger partial charge in [0.15, 0.2) is 0 Å². The maximum atomic E-state index is 13.0. The van der Waals surface area contributed by atoms with Crippen LogP contribution in [0.15, 0.2) is 4.99 Å². The Morgan fingerprint density at radius 2 is 1.61 bits per heavy atom. The summed E-state index contributed by atoms with van der Waals surface area (Å²) in [4.78, 5) is 32.8. The molecule has 1 N–H and O–H groups in total. The molecule has 33 heavy (non-hydrogen) atoms. The number of aliphatic imine (C=N–C) groups is 1. The van der Waals surface area contributed by atoms with Gasteiger partial charge in [0, 0.05) is 25.9 Å². The van der Waals surface area contributed by atoms with E-state index >= 15 is 0 Å². The highest BCUT2D eigenvalue weighted by molar-refractivity contribution is 6.62. The highest BCUT2D eigenvalue weighted by atomic mass is 16.2. The highest BCUT2D eigenvalue weighted by Crippen LogP contribution is 2.38. The van der Waals surface area contributed by atoms with Crippen molar-refractivity contribution in [3.63, 3.8) is 0 Å². The number of carbonyl (C=O) groups excluding carboxylic acids is 2.